The molecule has 3 unspecified atom stereocenters. The zero-order valence-corrected chi connectivity index (χ0v) is 13.3. The van der Waals surface area contributed by atoms with Crippen LogP contribution in [0, 0.1) is 0 Å². The molecule has 2 nitrogen and oxygen atoms in total. The maximum Gasteiger partial charge on any atom is 0.118 e. The van der Waals surface area contributed by atoms with Crippen molar-refractivity contribution < 1.29 is 4.74 Å². The van der Waals surface area contributed by atoms with Crippen molar-refractivity contribution in [2.45, 2.75) is 36.3 Å². The van der Waals surface area contributed by atoms with Crippen LogP contribution in [0.25, 0.3) is 0 Å². The van der Waals surface area contributed by atoms with Crippen LogP contribution in [0.15, 0.2) is 24.3 Å². The largest absolute Gasteiger partial charge is 0.497 e. The highest BCUT2D eigenvalue weighted by atomic mass is 32.2. The first-order valence-corrected chi connectivity index (χ1v) is 8.92. The lowest BCUT2D eigenvalue weighted by Gasteiger charge is -2.32. The third-order valence-electron chi connectivity index (χ3n) is 3.58. The van der Waals surface area contributed by atoms with Crippen molar-refractivity contribution in [1.82, 2.24) is 0 Å². The van der Waals surface area contributed by atoms with Gasteiger partial charge in [0, 0.05) is 28.0 Å². The fourth-order valence-electron chi connectivity index (χ4n) is 2.41. The second-order valence-corrected chi connectivity index (χ2v) is 7.73. The molecule has 0 radical (unpaired) electrons. The van der Waals surface area contributed by atoms with E-state index >= 15 is 0 Å². The normalized spacial score (nSPS) is 25.0. The van der Waals surface area contributed by atoms with Gasteiger partial charge in [0.05, 0.1) is 7.11 Å². The molecule has 1 aromatic rings. The van der Waals surface area contributed by atoms with E-state index in [2.05, 4.69) is 42.6 Å². The van der Waals surface area contributed by atoms with Crippen molar-refractivity contribution in [3.05, 3.63) is 29.8 Å². The van der Waals surface area contributed by atoms with Gasteiger partial charge >= 0.3 is 0 Å². The first-order chi connectivity index (χ1) is 9.20. The minimum atomic E-state index is 0.301. The number of aryl methyl sites for hydroxylation is 1. The summed E-state index contributed by atoms with van der Waals surface area (Å²) in [4.78, 5) is 0. The highest BCUT2D eigenvalue weighted by Gasteiger charge is 2.27. The van der Waals surface area contributed by atoms with Gasteiger partial charge in [-0.25, -0.2) is 0 Å². The molecule has 0 aromatic heterocycles. The molecule has 0 amide bonds. The van der Waals surface area contributed by atoms with E-state index in [0.29, 0.717) is 16.5 Å². The molecule has 2 N–H and O–H groups in total. The monoisotopic (exact) mass is 297 g/mol. The third-order valence-corrected chi connectivity index (χ3v) is 6.86. The lowest BCUT2D eigenvalue weighted by Crippen LogP contribution is -2.40. The van der Waals surface area contributed by atoms with E-state index in [1.165, 1.54) is 17.1 Å². The van der Waals surface area contributed by atoms with Gasteiger partial charge in [0.25, 0.3) is 0 Å². The zero-order valence-electron chi connectivity index (χ0n) is 11.7. The Morgan fingerprint density at radius 3 is 2.58 bits per heavy atom. The molecule has 0 aliphatic carbocycles. The summed E-state index contributed by atoms with van der Waals surface area (Å²) in [6.45, 7) is 2.31. The zero-order chi connectivity index (χ0) is 13.7. The van der Waals surface area contributed by atoms with Crippen LogP contribution in [-0.2, 0) is 6.42 Å². The molecule has 0 spiro atoms. The molecule has 19 heavy (non-hydrogen) atoms. The van der Waals surface area contributed by atoms with Crippen LogP contribution in [0.4, 0.5) is 0 Å². The molecule has 2 rings (SSSR count). The molecule has 3 atom stereocenters. The summed E-state index contributed by atoms with van der Waals surface area (Å²) in [5, 5.41) is 1.29. The highest BCUT2D eigenvalue weighted by molar-refractivity contribution is 8.07. The molecule has 0 bridgehead atoms. The predicted molar refractivity (Wildman–Crippen MR) is 87.5 cm³/mol. The SMILES string of the molecule is COc1ccc(CCC(N)C2SCCSC2C)cc1. The lowest BCUT2D eigenvalue weighted by atomic mass is 10.0. The Morgan fingerprint density at radius 1 is 1.26 bits per heavy atom. The number of methoxy groups -OCH3 is 1. The van der Waals surface area contributed by atoms with Gasteiger partial charge in [-0.1, -0.05) is 19.1 Å². The average Bonchev–Trinajstić information content (AvgIpc) is 2.46. The van der Waals surface area contributed by atoms with Crippen molar-refractivity contribution in [3.8, 4) is 5.75 Å². The van der Waals surface area contributed by atoms with E-state index in [9.17, 15) is 0 Å². The van der Waals surface area contributed by atoms with Crippen LogP contribution in [0.5, 0.6) is 5.75 Å². The molecule has 1 aliphatic heterocycles. The molecule has 4 heteroatoms. The van der Waals surface area contributed by atoms with Gasteiger partial charge in [-0.05, 0) is 30.5 Å². The van der Waals surface area contributed by atoms with Gasteiger partial charge < -0.3 is 10.5 Å². The Balaban J connectivity index is 1.83. The van der Waals surface area contributed by atoms with Gasteiger partial charge in [0.1, 0.15) is 5.75 Å². The number of hydrogen-bond donors (Lipinski definition) is 1. The number of hydrogen-bond acceptors (Lipinski definition) is 4. The molecule has 1 aliphatic rings. The number of benzene rings is 1. The standard InChI is InChI=1S/C15H23NOS2/c1-11-15(19-10-9-18-11)14(16)8-5-12-3-6-13(17-2)7-4-12/h3-4,6-7,11,14-15H,5,8-10,16H2,1-2H3. The fraction of sp³-hybridized carbons (Fsp3) is 0.600. The van der Waals surface area contributed by atoms with Crippen LogP contribution >= 0.6 is 23.5 Å². The quantitative estimate of drug-likeness (QED) is 0.905. The summed E-state index contributed by atoms with van der Waals surface area (Å²) in [6, 6.07) is 8.62. The van der Waals surface area contributed by atoms with Gasteiger partial charge in [-0.2, -0.15) is 23.5 Å². The van der Waals surface area contributed by atoms with Crippen molar-refractivity contribution >= 4 is 23.5 Å². The summed E-state index contributed by atoms with van der Waals surface area (Å²) >= 11 is 4.12. The van der Waals surface area contributed by atoms with Crippen molar-refractivity contribution in [1.29, 1.82) is 0 Å². The molecule has 1 aromatic carbocycles. The van der Waals surface area contributed by atoms with Crippen LogP contribution < -0.4 is 10.5 Å². The summed E-state index contributed by atoms with van der Waals surface area (Å²) in [7, 11) is 1.70. The summed E-state index contributed by atoms with van der Waals surface area (Å²) in [5.74, 6) is 3.43. The molecule has 106 valence electrons. The van der Waals surface area contributed by atoms with E-state index < -0.39 is 0 Å². The van der Waals surface area contributed by atoms with Crippen molar-refractivity contribution in [2.24, 2.45) is 5.73 Å². The van der Waals surface area contributed by atoms with Crippen LogP contribution in [-0.4, -0.2) is 35.2 Å². The summed E-state index contributed by atoms with van der Waals surface area (Å²) in [5.41, 5.74) is 7.73. The maximum absolute atomic E-state index is 6.38. The summed E-state index contributed by atoms with van der Waals surface area (Å²) in [6.07, 6.45) is 2.12. The first kappa shape index (κ1) is 15.1. The molecule has 1 saturated heterocycles. The van der Waals surface area contributed by atoms with E-state index in [1.807, 2.05) is 12.1 Å². The van der Waals surface area contributed by atoms with E-state index in [4.69, 9.17) is 10.5 Å². The van der Waals surface area contributed by atoms with Gasteiger partial charge in [-0.3, -0.25) is 0 Å². The van der Waals surface area contributed by atoms with Crippen molar-refractivity contribution in [3.63, 3.8) is 0 Å². The van der Waals surface area contributed by atoms with Crippen LogP contribution in [0.1, 0.15) is 18.9 Å². The molecular formula is C15H23NOS2. The molecule has 1 fully saturated rings. The average molecular weight is 297 g/mol. The van der Waals surface area contributed by atoms with Gasteiger partial charge in [0.15, 0.2) is 0 Å². The third kappa shape index (κ3) is 4.33. The smallest absolute Gasteiger partial charge is 0.118 e. The number of thioether (sulfide) groups is 2. The number of rotatable bonds is 5. The van der Waals surface area contributed by atoms with Crippen LogP contribution in [0.3, 0.4) is 0 Å². The first-order valence-electron chi connectivity index (χ1n) is 6.82. The fourth-order valence-corrected chi connectivity index (χ4v) is 5.34. The van der Waals surface area contributed by atoms with E-state index in [-0.39, 0.29) is 0 Å². The lowest BCUT2D eigenvalue weighted by molar-refractivity contribution is 0.414. The molecular weight excluding hydrogens is 274 g/mol. The van der Waals surface area contributed by atoms with E-state index in [0.717, 1.165) is 18.6 Å². The number of ether oxygens (including phenoxy) is 1. The highest BCUT2D eigenvalue weighted by Crippen LogP contribution is 2.33. The second kappa shape index (κ2) is 7.46. The molecule has 1 heterocycles. The van der Waals surface area contributed by atoms with E-state index in [1.54, 1.807) is 7.11 Å². The topological polar surface area (TPSA) is 35.2 Å². The Kier molecular flexibility index (Phi) is 5.92. The molecule has 0 saturated carbocycles. The Labute approximate surface area is 124 Å². The van der Waals surface area contributed by atoms with Crippen LogP contribution in [0.2, 0.25) is 0 Å². The Morgan fingerprint density at radius 2 is 1.95 bits per heavy atom. The Hall–Kier alpha value is -0.320. The Bertz CT molecular complexity index is 382. The van der Waals surface area contributed by atoms with Gasteiger partial charge in [0.2, 0.25) is 0 Å². The minimum absolute atomic E-state index is 0.301. The second-order valence-electron chi connectivity index (χ2n) is 4.96. The summed E-state index contributed by atoms with van der Waals surface area (Å²) < 4.78 is 5.17. The van der Waals surface area contributed by atoms with Crippen molar-refractivity contribution in [2.75, 3.05) is 18.6 Å². The number of nitrogens with two attached hydrogens (primary N) is 1. The minimum Gasteiger partial charge on any atom is -0.497 e. The predicted octanol–water partition coefficient (Wildman–Crippen LogP) is 3.19. The van der Waals surface area contributed by atoms with Gasteiger partial charge in [-0.15, -0.1) is 0 Å². The maximum atomic E-state index is 6.38.